The van der Waals surface area contributed by atoms with Crippen molar-refractivity contribution in [2.45, 2.75) is 26.2 Å². The Hall–Kier alpha value is -2.05. The fourth-order valence-electron chi connectivity index (χ4n) is 1.87. The van der Waals surface area contributed by atoms with Crippen molar-refractivity contribution < 1.29 is 26.0 Å². The van der Waals surface area contributed by atoms with Crippen molar-refractivity contribution in [2.75, 3.05) is 5.32 Å². The molecule has 0 atom stereocenters. The summed E-state index contributed by atoms with van der Waals surface area (Å²) < 4.78 is 67.4. The van der Waals surface area contributed by atoms with Crippen molar-refractivity contribution >= 4 is 38.1 Å². The highest BCUT2D eigenvalue weighted by molar-refractivity contribution is 8.02. The van der Waals surface area contributed by atoms with Crippen LogP contribution in [0.5, 0.6) is 0 Å². The van der Waals surface area contributed by atoms with Crippen LogP contribution in [0.3, 0.4) is 0 Å². The predicted molar refractivity (Wildman–Crippen MR) is 89.7 cm³/mol. The van der Waals surface area contributed by atoms with Gasteiger partial charge < -0.3 is 9.73 Å². The van der Waals surface area contributed by atoms with Gasteiger partial charge in [0.1, 0.15) is 5.76 Å². The van der Waals surface area contributed by atoms with E-state index in [0.717, 1.165) is 29.2 Å². The Morgan fingerprint density at radius 2 is 1.92 bits per heavy atom. The number of nitrogens with zero attached hydrogens (tertiary/aromatic N) is 2. The molecule has 0 saturated heterocycles. The number of furan rings is 1. The number of anilines is 1. The minimum atomic E-state index is -5.45. The molecule has 3 aromatic rings. The van der Waals surface area contributed by atoms with Gasteiger partial charge in [-0.2, -0.15) is 13.2 Å². The molecule has 2 heterocycles. The Balaban J connectivity index is 1.78. The van der Waals surface area contributed by atoms with Crippen molar-refractivity contribution in [1.29, 1.82) is 0 Å². The van der Waals surface area contributed by atoms with Crippen molar-refractivity contribution in [1.82, 2.24) is 10.2 Å². The zero-order valence-corrected chi connectivity index (χ0v) is 15.2. The minimum Gasteiger partial charge on any atom is -0.467 e. The molecule has 0 radical (unpaired) electrons. The summed E-state index contributed by atoms with van der Waals surface area (Å²) in [5, 5.41) is 11.1. The molecule has 0 unspecified atom stereocenters. The molecule has 1 N–H and O–H groups in total. The van der Waals surface area contributed by atoms with E-state index in [2.05, 4.69) is 15.5 Å². The molecule has 0 aliphatic heterocycles. The van der Waals surface area contributed by atoms with Crippen LogP contribution in [0.1, 0.15) is 5.76 Å². The molecule has 0 fully saturated rings. The Morgan fingerprint density at radius 1 is 1.15 bits per heavy atom. The molecule has 1 aromatic carbocycles. The minimum absolute atomic E-state index is 0.0708. The maximum absolute atomic E-state index is 12.8. The highest BCUT2D eigenvalue weighted by atomic mass is 32.2. The molecular formula is C14H10F3N3O3S3. The first-order chi connectivity index (χ1) is 12.3. The van der Waals surface area contributed by atoms with E-state index in [4.69, 9.17) is 4.42 Å². The quantitative estimate of drug-likeness (QED) is 0.639. The number of benzene rings is 1. The first kappa shape index (κ1) is 18.7. The van der Waals surface area contributed by atoms with E-state index < -0.39 is 20.2 Å². The van der Waals surface area contributed by atoms with E-state index in [1.54, 1.807) is 12.1 Å². The average Bonchev–Trinajstić information content (AvgIpc) is 3.24. The van der Waals surface area contributed by atoms with Gasteiger partial charge in [-0.3, -0.25) is 0 Å². The lowest BCUT2D eigenvalue weighted by Gasteiger charge is -2.11. The average molecular weight is 421 g/mol. The topological polar surface area (TPSA) is 85.1 Å². The molecule has 0 aliphatic rings. The van der Waals surface area contributed by atoms with E-state index in [9.17, 15) is 21.6 Å². The highest BCUT2D eigenvalue weighted by Gasteiger charge is 2.47. The van der Waals surface area contributed by atoms with Crippen molar-refractivity contribution in [3.63, 3.8) is 0 Å². The summed E-state index contributed by atoms with van der Waals surface area (Å²) in [6, 6.07) is 8.40. The second-order valence-corrected chi connectivity index (χ2v) is 8.98. The Labute approximate surface area is 154 Å². The van der Waals surface area contributed by atoms with Gasteiger partial charge in [0, 0.05) is 4.90 Å². The van der Waals surface area contributed by atoms with Gasteiger partial charge >= 0.3 is 5.51 Å². The molecule has 0 bridgehead atoms. The Kier molecular flexibility index (Phi) is 5.25. The zero-order valence-electron chi connectivity index (χ0n) is 12.7. The van der Waals surface area contributed by atoms with E-state index >= 15 is 0 Å². The van der Waals surface area contributed by atoms with Gasteiger partial charge in [-0.1, -0.05) is 35.2 Å². The molecule has 0 saturated carbocycles. The Bertz CT molecular complexity index is 986. The number of halogens is 3. The SMILES string of the molecule is O=S(=O)(c1ccccc1Sc1nnc(NCc2ccco2)s1)C(F)(F)F. The van der Waals surface area contributed by atoms with Gasteiger partial charge in [-0.25, -0.2) is 8.42 Å². The molecule has 2 aromatic heterocycles. The van der Waals surface area contributed by atoms with Gasteiger partial charge in [0.25, 0.3) is 9.84 Å². The van der Waals surface area contributed by atoms with Gasteiger partial charge in [-0.15, -0.1) is 10.2 Å². The highest BCUT2D eigenvalue weighted by Crippen LogP contribution is 2.39. The fraction of sp³-hybridized carbons (Fsp3) is 0.143. The summed E-state index contributed by atoms with van der Waals surface area (Å²) in [5.74, 6) is 0.677. The van der Waals surface area contributed by atoms with E-state index in [0.29, 0.717) is 21.8 Å². The van der Waals surface area contributed by atoms with Crippen LogP contribution in [0, 0.1) is 0 Å². The van der Waals surface area contributed by atoms with Crippen molar-refractivity contribution in [3.8, 4) is 0 Å². The third-order valence-corrected chi connectivity index (χ3v) is 6.72. The summed E-state index contributed by atoms with van der Waals surface area (Å²) in [4.78, 5) is -0.878. The second-order valence-electron chi connectivity index (χ2n) is 4.80. The summed E-state index contributed by atoms with van der Waals surface area (Å²) in [6.45, 7) is 0.366. The number of nitrogens with one attached hydrogen (secondary N) is 1. The number of alkyl halides is 3. The molecular weight excluding hydrogens is 411 g/mol. The predicted octanol–water partition coefficient (Wildman–Crippen LogP) is 4.19. The normalized spacial score (nSPS) is 12.3. The molecule has 26 heavy (non-hydrogen) atoms. The van der Waals surface area contributed by atoms with E-state index in [1.807, 2.05) is 0 Å². The van der Waals surface area contributed by atoms with Gasteiger partial charge in [-0.05, 0) is 24.3 Å². The van der Waals surface area contributed by atoms with E-state index in [1.165, 1.54) is 24.5 Å². The second kappa shape index (κ2) is 7.29. The maximum Gasteiger partial charge on any atom is 0.501 e. The summed E-state index contributed by atoms with van der Waals surface area (Å²) in [5.41, 5.74) is -5.37. The molecule has 0 aliphatic carbocycles. The zero-order chi connectivity index (χ0) is 18.8. The van der Waals surface area contributed by atoms with Crippen LogP contribution in [0.25, 0.3) is 0 Å². The van der Waals surface area contributed by atoms with Crippen LogP contribution in [-0.2, 0) is 16.4 Å². The van der Waals surface area contributed by atoms with Gasteiger partial charge in [0.15, 0.2) is 4.34 Å². The summed E-state index contributed by atoms with van der Waals surface area (Å²) in [6.07, 6.45) is 1.52. The largest absolute Gasteiger partial charge is 0.501 e. The van der Waals surface area contributed by atoms with Gasteiger partial charge in [0.05, 0.1) is 17.7 Å². The number of hydrogen-bond acceptors (Lipinski definition) is 8. The maximum atomic E-state index is 12.8. The molecule has 6 nitrogen and oxygen atoms in total. The molecule has 138 valence electrons. The van der Waals surface area contributed by atoms with Crippen LogP contribution < -0.4 is 5.32 Å². The fourth-order valence-corrected chi connectivity index (χ4v) is 4.90. The summed E-state index contributed by atoms with van der Waals surface area (Å²) in [7, 11) is -5.45. The first-order valence-corrected chi connectivity index (χ1v) is 10.1. The van der Waals surface area contributed by atoms with Crippen LogP contribution >= 0.6 is 23.1 Å². The summed E-state index contributed by atoms with van der Waals surface area (Å²) >= 11 is 1.89. The molecule has 12 heteroatoms. The van der Waals surface area contributed by atoms with Crippen molar-refractivity contribution in [2.24, 2.45) is 0 Å². The number of sulfone groups is 1. The first-order valence-electron chi connectivity index (χ1n) is 6.95. The lowest BCUT2D eigenvalue weighted by molar-refractivity contribution is -0.0437. The smallest absolute Gasteiger partial charge is 0.467 e. The van der Waals surface area contributed by atoms with Crippen LogP contribution in [0.4, 0.5) is 18.3 Å². The third-order valence-electron chi connectivity index (χ3n) is 3.04. The number of aromatic nitrogens is 2. The van der Waals surface area contributed by atoms with Crippen molar-refractivity contribution in [3.05, 3.63) is 48.4 Å². The van der Waals surface area contributed by atoms with Gasteiger partial charge in [0.2, 0.25) is 5.13 Å². The van der Waals surface area contributed by atoms with Crippen LogP contribution in [-0.4, -0.2) is 24.1 Å². The molecule has 3 rings (SSSR count). The van der Waals surface area contributed by atoms with Crippen LogP contribution in [0.2, 0.25) is 0 Å². The lowest BCUT2D eigenvalue weighted by atomic mass is 10.4. The lowest BCUT2D eigenvalue weighted by Crippen LogP contribution is -2.23. The van der Waals surface area contributed by atoms with Crippen LogP contribution in [0.15, 0.2) is 61.2 Å². The third kappa shape index (κ3) is 4.02. The standard InChI is InChI=1S/C14H10F3N3O3S3/c15-14(16,17)26(21,22)11-6-2-1-5-10(11)24-13-20-19-12(25-13)18-8-9-4-3-7-23-9/h1-7H,8H2,(H,18,19). The Morgan fingerprint density at radius 3 is 2.62 bits per heavy atom. The van der Waals surface area contributed by atoms with E-state index in [-0.39, 0.29) is 4.90 Å². The number of hydrogen-bond donors (Lipinski definition) is 1. The number of rotatable bonds is 6. The monoisotopic (exact) mass is 421 g/mol. The molecule has 0 spiro atoms. The molecule has 0 amide bonds.